The van der Waals surface area contributed by atoms with Crippen LogP contribution < -0.4 is 15.8 Å². The third kappa shape index (κ3) is 3.00. The SMILES string of the molecule is COc1ccc(Nc2nccc(C)c2C(N)=S)cc1Cl. The molecular weight excluding hydrogens is 294 g/mol. The number of benzene rings is 1. The monoisotopic (exact) mass is 307 g/mol. The normalized spacial score (nSPS) is 10.2. The van der Waals surface area contributed by atoms with Crippen molar-refractivity contribution in [2.24, 2.45) is 5.73 Å². The number of rotatable bonds is 4. The molecule has 0 aliphatic rings. The Morgan fingerprint density at radius 2 is 2.15 bits per heavy atom. The second-order valence-corrected chi connectivity index (χ2v) is 5.04. The molecule has 104 valence electrons. The molecule has 1 aromatic carbocycles. The molecular formula is C14H14ClN3OS. The topological polar surface area (TPSA) is 60.2 Å². The molecule has 1 aromatic heterocycles. The molecule has 0 atom stereocenters. The van der Waals surface area contributed by atoms with Gasteiger partial charge in [-0.15, -0.1) is 0 Å². The fraction of sp³-hybridized carbons (Fsp3) is 0.143. The predicted molar refractivity (Wildman–Crippen MR) is 86.1 cm³/mol. The van der Waals surface area contributed by atoms with Gasteiger partial charge in [0.25, 0.3) is 0 Å². The second-order valence-electron chi connectivity index (χ2n) is 4.19. The summed E-state index contributed by atoms with van der Waals surface area (Å²) in [5.41, 5.74) is 8.23. The maximum Gasteiger partial charge on any atom is 0.140 e. The molecule has 0 saturated heterocycles. The van der Waals surface area contributed by atoms with Crippen molar-refractivity contribution < 1.29 is 4.74 Å². The Morgan fingerprint density at radius 1 is 1.40 bits per heavy atom. The Labute approximate surface area is 127 Å². The number of halogens is 1. The molecule has 6 heteroatoms. The number of anilines is 2. The summed E-state index contributed by atoms with van der Waals surface area (Å²) in [5.74, 6) is 1.22. The number of hydrogen-bond acceptors (Lipinski definition) is 4. The molecule has 2 aromatic rings. The molecule has 0 radical (unpaired) electrons. The van der Waals surface area contributed by atoms with E-state index in [4.69, 9.17) is 34.3 Å². The van der Waals surface area contributed by atoms with E-state index in [0.717, 1.165) is 16.8 Å². The van der Waals surface area contributed by atoms with Crippen LogP contribution in [0.15, 0.2) is 30.5 Å². The molecule has 4 nitrogen and oxygen atoms in total. The zero-order chi connectivity index (χ0) is 14.7. The zero-order valence-corrected chi connectivity index (χ0v) is 12.7. The fourth-order valence-electron chi connectivity index (χ4n) is 1.84. The summed E-state index contributed by atoms with van der Waals surface area (Å²) in [5, 5.41) is 3.68. The summed E-state index contributed by atoms with van der Waals surface area (Å²) in [6.45, 7) is 1.93. The number of nitrogens with zero attached hydrogens (tertiary/aromatic N) is 1. The van der Waals surface area contributed by atoms with Crippen molar-refractivity contribution in [1.82, 2.24) is 4.98 Å². The number of thiocarbonyl (C=S) groups is 1. The number of pyridine rings is 1. The number of aryl methyl sites for hydroxylation is 1. The van der Waals surface area contributed by atoms with Gasteiger partial charge in [0, 0.05) is 11.9 Å². The number of ether oxygens (including phenoxy) is 1. The summed E-state index contributed by atoms with van der Waals surface area (Å²) in [4.78, 5) is 4.58. The van der Waals surface area contributed by atoms with Gasteiger partial charge in [-0.1, -0.05) is 23.8 Å². The number of nitrogens with one attached hydrogen (secondary N) is 1. The van der Waals surface area contributed by atoms with Gasteiger partial charge in [-0.2, -0.15) is 0 Å². The minimum Gasteiger partial charge on any atom is -0.495 e. The van der Waals surface area contributed by atoms with Gasteiger partial charge in [0.1, 0.15) is 16.6 Å². The molecule has 0 unspecified atom stereocenters. The first-order chi connectivity index (χ1) is 9.52. The largest absolute Gasteiger partial charge is 0.495 e. The molecule has 0 aliphatic carbocycles. The fourth-order valence-corrected chi connectivity index (χ4v) is 2.36. The third-order valence-corrected chi connectivity index (χ3v) is 3.32. The van der Waals surface area contributed by atoms with Crippen LogP contribution in [0, 0.1) is 6.92 Å². The quantitative estimate of drug-likeness (QED) is 0.847. The average Bonchev–Trinajstić information content (AvgIpc) is 2.38. The summed E-state index contributed by atoms with van der Waals surface area (Å²) in [6.07, 6.45) is 1.70. The van der Waals surface area contributed by atoms with Crippen molar-refractivity contribution in [2.45, 2.75) is 6.92 Å². The van der Waals surface area contributed by atoms with Gasteiger partial charge in [-0.25, -0.2) is 4.98 Å². The van der Waals surface area contributed by atoms with E-state index in [1.807, 2.05) is 19.1 Å². The minimum absolute atomic E-state index is 0.303. The maximum absolute atomic E-state index is 6.09. The number of nitrogens with two attached hydrogens (primary N) is 1. The van der Waals surface area contributed by atoms with E-state index in [0.29, 0.717) is 21.6 Å². The van der Waals surface area contributed by atoms with Crippen LogP contribution in [0.1, 0.15) is 11.1 Å². The first-order valence-corrected chi connectivity index (χ1v) is 6.67. The van der Waals surface area contributed by atoms with E-state index < -0.39 is 0 Å². The zero-order valence-electron chi connectivity index (χ0n) is 11.1. The number of hydrogen-bond donors (Lipinski definition) is 2. The predicted octanol–water partition coefficient (Wildman–Crippen LogP) is 3.43. The van der Waals surface area contributed by atoms with E-state index in [2.05, 4.69) is 10.3 Å². The highest BCUT2D eigenvalue weighted by Crippen LogP contribution is 2.29. The van der Waals surface area contributed by atoms with E-state index in [1.165, 1.54) is 0 Å². The Balaban J connectivity index is 2.38. The van der Waals surface area contributed by atoms with Crippen LogP contribution in [0.4, 0.5) is 11.5 Å². The van der Waals surface area contributed by atoms with Crippen LogP contribution in [0.25, 0.3) is 0 Å². The van der Waals surface area contributed by atoms with E-state index >= 15 is 0 Å². The first-order valence-electron chi connectivity index (χ1n) is 5.89. The summed E-state index contributed by atoms with van der Waals surface area (Å²) in [6, 6.07) is 7.24. The molecule has 3 N–H and O–H groups in total. The Morgan fingerprint density at radius 3 is 2.75 bits per heavy atom. The third-order valence-electron chi connectivity index (χ3n) is 2.82. The number of methoxy groups -OCH3 is 1. The van der Waals surface area contributed by atoms with Crippen molar-refractivity contribution in [3.8, 4) is 5.75 Å². The van der Waals surface area contributed by atoms with E-state index in [-0.39, 0.29) is 0 Å². The molecule has 0 bridgehead atoms. The molecule has 1 heterocycles. The lowest BCUT2D eigenvalue weighted by molar-refractivity contribution is 0.415. The number of aromatic nitrogens is 1. The van der Waals surface area contributed by atoms with Gasteiger partial charge in [0.15, 0.2) is 0 Å². The molecule has 0 spiro atoms. The van der Waals surface area contributed by atoms with Gasteiger partial charge in [-0.3, -0.25) is 0 Å². The van der Waals surface area contributed by atoms with Gasteiger partial charge >= 0.3 is 0 Å². The van der Waals surface area contributed by atoms with Crippen LogP contribution in [0.2, 0.25) is 5.02 Å². The Hall–Kier alpha value is -1.85. The second kappa shape index (κ2) is 6.07. The van der Waals surface area contributed by atoms with Crippen LogP contribution in [-0.4, -0.2) is 17.1 Å². The summed E-state index contributed by atoms with van der Waals surface area (Å²) < 4.78 is 5.12. The van der Waals surface area contributed by atoms with Crippen molar-refractivity contribution in [3.05, 3.63) is 46.6 Å². The van der Waals surface area contributed by atoms with Gasteiger partial charge in [-0.05, 0) is 36.8 Å². The molecule has 0 amide bonds. The maximum atomic E-state index is 6.09. The Kier molecular flexibility index (Phi) is 4.42. The van der Waals surface area contributed by atoms with Crippen molar-refractivity contribution in [1.29, 1.82) is 0 Å². The van der Waals surface area contributed by atoms with Gasteiger partial charge in [0.2, 0.25) is 0 Å². The van der Waals surface area contributed by atoms with Crippen molar-refractivity contribution in [2.75, 3.05) is 12.4 Å². The van der Waals surface area contributed by atoms with Crippen molar-refractivity contribution in [3.63, 3.8) is 0 Å². The highest BCUT2D eigenvalue weighted by Gasteiger charge is 2.11. The van der Waals surface area contributed by atoms with Crippen LogP contribution >= 0.6 is 23.8 Å². The summed E-state index contributed by atoms with van der Waals surface area (Å²) >= 11 is 11.2. The average molecular weight is 308 g/mol. The highest BCUT2D eigenvalue weighted by atomic mass is 35.5. The minimum atomic E-state index is 0.303. The van der Waals surface area contributed by atoms with E-state index in [1.54, 1.807) is 25.4 Å². The molecule has 0 saturated carbocycles. The van der Waals surface area contributed by atoms with Crippen LogP contribution in [0.5, 0.6) is 5.75 Å². The summed E-state index contributed by atoms with van der Waals surface area (Å²) in [7, 11) is 1.57. The molecule has 0 fully saturated rings. The standard InChI is InChI=1S/C14H14ClN3OS/c1-8-5-6-17-14(12(8)13(16)20)18-9-3-4-11(19-2)10(15)7-9/h3-7H,1-2H3,(H2,16,20)(H,17,18). The van der Waals surface area contributed by atoms with Gasteiger partial charge in [0.05, 0.1) is 17.7 Å². The van der Waals surface area contributed by atoms with E-state index in [9.17, 15) is 0 Å². The lowest BCUT2D eigenvalue weighted by Gasteiger charge is -2.13. The molecule has 0 aliphatic heterocycles. The first kappa shape index (κ1) is 14.6. The Bertz CT molecular complexity index is 661. The van der Waals surface area contributed by atoms with Gasteiger partial charge < -0.3 is 15.8 Å². The lowest BCUT2D eigenvalue weighted by atomic mass is 10.1. The molecule has 20 heavy (non-hydrogen) atoms. The highest BCUT2D eigenvalue weighted by molar-refractivity contribution is 7.80. The van der Waals surface area contributed by atoms with Crippen LogP contribution in [-0.2, 0) is 0 Å². The van der Waals surface area contributed by atoms with Crippen LogP contribution in [0.3, 0.4) is 0 Å². The lowest BCUT2D eigenvalue weighted by Crippen LogP contribution is -2.14. The smallest absolute Gasteiger partial charge is 0.140 e. The van der Waals surface area contributed by atoms with Crippen molar-refractivity contribution >= 4 is 40.3 Å². The molecule has 2 rings (SSSR count).